The lowest BCUT2D eigenvalue weighted by molar-refractivity contribution is -0.141. The van der Waals surface area contributed by atoms with Crippen molar-refractivity contribution < 1.29 is 19.1 Å². The van der Waals surface area contributed by atoms with Crippen molar-refractivity contribution in [2.45, 2.75) is 13.0 Å². The van der Waals surface area contributed by atoms with Crippen LogP contribution in [0.1, 0.15) is 18.5 Å². The fraction of sp³-hybridized carbons (Fsp3) is 0.273. The molecule has 0 unspecified atom stereocenters. The molecule has 0 fully saturated rings. The van der Waals surface area contributed by atoms with Crippen LogP contribution in [0.15, 0.2) is 30.3 Å². The molecule has 0 aromatic heterocycles. The molecular weight excluding hydrogens is 246 g/mol. The van der Waals surface area contributed by atoms with Gasteiger partial charge in [-0.05, 0) is 12.5 Å². The van der Waals surface area contributed by atoms with Crippen molar-refractivity contribution in [1.29, 1.82) is 0 Å². The summed E-state index contributed by atoms with van der Waals surface area (Å²) in [6.07, 6.45) is -1.03. The van der Waals surface area contributed by atoms with Crippen LogP contribution >= 0.6 is 12.4 Å². The molecule has 0 bridgehead atoms. The van der Waals surface area contributed by atoms with Crippen molar-refractivity contribution in [3.8, 4) is 0 Å². The van der Waals surface area contributed by atoms with Gasteiger partial charge in [-0.15, -0.1) is 12.4 Å². The summed E-state index contributed by atoms with van der Waals surface area (Å²) >= 11 is 0. The molecule has 5 nitrogen and oxygen atoms in total. The standard InChI is InChI=1S/C11H13NO4.ClH/c1-2-15-11(14)16-10(13)9(12)8-6-4-3-5-7-8;/h3-7,9H,2,12H2,1H3;1H/t9-;/m0./s1. The number of halogens is 1. The summed E-state index contributed by atoms with van der Waals surface area (Å²) in [5.41, 5.74) is 6.18. The minimum Gasteiger partial charge on any atom is -0.434 e. The number of rotatable bonds is 3. The highest BCUT2D eigenvalue weighted by Gasteiger charge is 2.20. The largest absolute Gasteiger partial charge is 0.516 e. The van der Waals surface area contributed by atoms with Crippen molar-refractivity contribution >= 4 is 24.5 Å². The van der Waals surface area contributed by atoms with Gasteiger partial charge < -0.3 is 15.2 Å². The summed E-state index contributed by atoms with van der Waals surface area (Å²) in [6, 6.07) is 7.66. The van der Waals surface area contributed by atoms with Gasteiger partial charge in [0.25, 0.3) is 0 Å². The first-order valence-electron chi connectivity index (χ1n) is 4.84. The third-order valence-electron chi connectivity index (χ3n) is 1.86. The third-order valence-corrected chi connectivity index (χ3v) is 1.86. The third kappa shape index (κ3) is 4.84. The second-order valence-corrected chi connectivity index (χ2v) is 2.99. The Kier molecular flexibility index (Phi) is 6.93. The zero-order valence-corrected chi connectivity index (χ0v) is 10.1. The van der Waals surface area contributed by atoms with Crippen LogP contribution < -0.4 is 5.73 Å². The lowest BCUT2D eigenvalue weighted by Gasteiger charge is -2.09. The minimum atomic E-state index is -1.03. The molecule has 1 rings (SSSR count). The number of hydrogen-bond acceptors (Lipinski definition) is 5. The van der Waals surface area contributed by atoms with Gasteiger partial charge >= 0.3 is 12.1 Å². The van der Waals surface area contributed by atoms with Crippen LogP contribution in [0.2, 0.25) is 0 Å². The van der Waals surface area contributed by atoms with E-state index in [4.69, 9.17) is 5.73 Å². The fourth-order valence-electron chi connectivity index (χ4n) is 1.09. The predicted molar refractivity (Wildman–Crippen MR) is 63.7 cm³/mol. The molecule has 0 spiro atoms. The molecule has 94 valence electrons. The van der Waals surface area contributed by atoms with Gasteiger partial charge in [0.1, 0.15) is 6.04 Å². The Balaban J connectivity index is 0.00000256. The van der Waals surface area contributed by atoms with Crippen LogP contribution in [-0.2, 0) is 14.3 Å². The van der Waals surface area contributed by atoms with Gasteiger partial charge in [-0.2, -0.15) is 0 Å². The molecule has 0 aliphatic rings. The molecule has 2 N–H and O–H groups in total. The van der Waals surface area contributed by atoms with Gasteiger partial charge in [0.15, 0.2) is 0 Å². The predicted octanol–water partition coefficient (Wildman–Crippen LogP) is 1.81. The van der Waals surface area contributed by atoms with Gasteiger partial charge in [0.2, 0.25) is 0 Å². The first kappa shape index (κ1) is 15.4. The molecular formula is C11H14ClNO4. The van der Waals surface area contributed by atoms with Crippen molar-refractivity contribution in [1.82, 2.24) is 0 Å². The van der Waals surface area contributed by atoms with E-state index in [9.17, 15) is 9.59 Å². The molecule has 1 atom stereocenters. The lowest BCUT2D eigenvalue weighted by Crippen LogP contribution is -2.26. The summed E-state index contributed by atoms with van der Waals surface area (Å²) in [7, 11) is 0. The zero-order chi connectivity index (χ0) is 12.0. The highest BCUT2D eigenvalue weighted by molar-refractivity contribution is 5.86. The van der Waals surface area contributed by atoms with Gasteiger partial charge in [0, 0.05) is 0 Å². The summed E-state index contributed by atoms with van der Waals surface area (Å²) < 4.78 is 8.84. The number of carbonyl (C=O) groups excluding carboxylic acids is 2. The number of benzene rings is 1. The molecule has 17 heavy (non-hydrogen) atoms. The van der Waals surface area contributed by atoms with Crippen LogP contribution in [0.25, 0.3) is 0 Å². The van der Waals surface area contributed by atoms with E-state index in [0.717, 1.165) is 0 Å². The highest BCUT2D eigenvalue weighted by Crippen LogP contribution is 2.11. The van der Waals surface area contributed by atoms with E-state index in [0.29, 0.717) is 5.56 Å². The van der Waals surface area contributed by atoms with Gasteiger partial charge in [-0.1, -0.05) is 30.3 Å². The van der Waals surface area contributed by atoms with Crippen LogP contribution in [0.4, 0.5) is 4.79 Å². The Bertz CT molecular complexity index is 369. The van der Waals surface area contributed by atoms with Crippen molar-refractivity contribution in [2.24, 2.45) is 5.73 Å². The van der Waals surface area contributed by atoms with E-state index >= 15 is 0 Å². The van der Waals surface area contributed by atoms with Gasteiger partial charge in [0.05, 0.1) is 6.61 Å². The number of carbonyl (C=O) groups is 2. The molecule has 1 aromatic carbocycles. The average Bonchev–Trinajstić information content (AvgIpc) is 2.29. The Morgan fingerprint density at radius 3 is 2.41 bits per heavy atom. The van der Waals surface area contributed by atoms with Crippen LogP contribution in [-0.4, -0.2) is 18.7 Å². The lowest BCUT2D eigenvalue weighted by atomic mass is 10.1. The molecule has 0 saturated carbocycles. The normalized spacial score (nSPS) is 10.9. The van der Waals surface area contributed by atoms with E-state index < -0.39 is 18.2 Å². The maximum absolute atomic E-state index is 11.4. The van der Waals surface area contributed by atoms with Crippen molar-refractivity contribution in [2.75, 3.05) is 6.61 Å². The second kappa shape index (κ2) is 7.65. The summed E-state index contributed by atoms with van der Waals surface area (Å²) in [6.45, 7) is 1.76. The molecule has 0 amide bonds. The van der Waals surface area contributed by atoms with E-state index in [2.05, 4.69) is 9.47 Å². The smallest absolute Gasteiger partial charge is 0.434 e. The molecule has 0 radical (unpaired) electrons. The Labute approximate surface area is 105 Å². The number of nitrogens with two attached hydrogens (primary N) is 1. The number of esters is 1. The molecule has 6 heteroatoms. The second-order valence-electron chi connectivity index (χ2n) is 2.99. The maximum Gasteiger partial charge on any atom is 0.516 e. The monoisotopic (exact) mass is 259 g/mol. The van der Waals surface area contributed by atoms with E-state index in [1.807, 2.05) is 0 Å². The van der Waals surface area contributed by atoms with Crippen molar-refractivity contribution in [3.05, 3.63) is 35.9 Å². The average molecular weight is 260 g/mol. The van der Waals surface area contributed by atoms with Crippen LogP contribution in [0, 0.1) is 0 Å². The van der Waals surface area contributed by atoms with Gasteiger partial charge in [-0.25, -0.2) is 9.59 Å². The molecule has 1 aromatic rings. The van der Waals surface area contributed by atoms with E-state index in [1.165, 1.54) is 0 Å². The summed E-state index contributed by atoms with van der Waals surface area (Å²) in [5.74, 6) is -0.829. The van der Waals surface area contributed by atoms with E-state index in [1.54, 1.807) is 37.3 Å². The molecule has 0 heterocycles. The van der Waals surface area contributed by atoms with E-state index in [-0.39, 0.29) is 19.0 Å². The SMILES string of the molecule is CCOC(=O)OC(=O)[C@@H](N)c1ccccc1.Cl. The Hall–Kier alpha value is -1.59. The first-order chi connectivity index (χ1) is 7.65. The first-order valence-corrected chi connectivity index (χ1v) is 4.84. The molecule has 0 aliphatic heterocycles. The topological polar surface area (TPSA) is 78.6 Å². The zero-order valence-electron chi connectivity index (χ0n) is 9.29. The van der Waals surface area contributed by atoms with Crippen LogP contribution in [0.3, 0.4) is 0 Å². The highest BCUT2D eigenvalue weighted by atomic mass is 35.5. The number of hydrogen-bond donors (Lipinski definition) is 1. The maximum atomic E-state index is 11.4. The fourth-order valence-corrected chi connectivity index (χ4v) is 1.09. The summed E-state index contributed by atoms with van der Waals surface area (Å²) in [4.78, 5) is 22.2. The Morgan fingerprint density at radius 2 is 1.88 bits per heavy atom. The van der Waals surface area contributed by atoms with Gasteiger partial charge in [-0.3, -0.25) is 0 Å². The quantitative estimate of drug-likeness (QED) is 0.662. The summed E-state index contributed by atoms with van der Waals surface area (Å²) in [5, 5.41) is 0. The number of ether oxygens (including phenoxy) is 2. The minimum absolute atomic E-state index is 0. The van der Waals surface area contributed by atoms with Crippen LogP contribution in [0.5, 0.6) is 0 Å². The molecule has 0 saturated heterocycles. The Morgan fingerprint density at radius 1 is 1.29 bits per heavy atom. The molecule has 0 aliphatic carbocycles. The van der Waals surface area contributed by atoms with Crippen molar-refractivity contribution in [3.63, 3.8) is 0 Å².